The van der Waals surface area contributed by atoms with E-state index in [0.717, 1.165) is 16.9 Å². The highest BCUT2D eigenvalue weighted by Gasteiger charge is 2.04. The van der Waals surface area contributed by atoms with E-state index in [4.69, 9.17) is 0 Å². The molecule has 0 saturated carbocycles. The van der Waals surface area contributed by atoms with Crippen molar-refractivity contribution >= 4 is 29.9 Å². The summed E-state index contributed by atoms with van der Waals surface area (Å²) >= 11 is 0. The number of aliphatic imine (C=N–C) groups is 1. The quantitative estimate of drug-likeness (QED) is 0.299. The lowest BCUT2D eigenvalue weighted by Crippen LogP contribution is -2.37. The fraction of sp³-hybridized carbons (Fsp3) is 0.238. The molecule has 2 N–H and O–H groups in total. The summed E-state index contributed by atoms with van der Waals surface area (Å²) in [6.45, 7) is 2.86. The summed E-state index contributed by atoms with van der Waals surface area (Å²) in [5, 5.41) is 10.9. The van der Waals surface area contributed by atoms with E-state index in [9.17, 15) is 8.78 Å². The van der Waals surface area contributed by atoms with Crippen molar-refractivity contribution in [3.63, 3.8) is 0 Å². The van der Waals surface area contributed by atoms with Gasteiger partial charge in [-0.25, -0.2) is 13.5 Å². The predicted molar refractivity (Wildman–Crippen MR) is 122 cm³/mol. The number of nitrogens with zero attached hydrogens (tertiary/aromatic N) is 3. The predicted octanol–water partition coefficient (Wildman–Crippen LogP) is 3.98. The number of benzene rings is 2. The van der Waals surface area contributed by atoms with Gasteiger partial charge < -0.3 is 10.6 Å². The lowest BCUT2D eigenvalue weighted by atomic mass is 10.1. The van der Waals surface area contributed by atoms with Crippen molar-refractivity contribution in [2.45, 2.75) is 19.9 Å². The third kappa shape index (κ3) is 6.52. The second kappa shape index (κ2) is 10.9. The minimum atomic E-state index is -0.271. The van der Waals surface area contributed by atoms with Crippen LogP contribution in [-0.4, -0.2) is 29.3 Å². The van der Waals surface area contributed by atoms with Crippen molar-refractivity contribution in [3.05, 3.63) is 83.2 Å². The van der Waals surface area contributed by atoms with E-state index < -0.39 is 0 Å². The number of aromatic nitrogens is 2. The average Bonchev–Trinajstić information content (AvgIpc) is 3.16. The van der Waals surface area contributed by atoms with Crippen molar-refractivity contribution in [1.82, 2.24) is 20.4 Å². The van der Waals surface area contributed by atoms with E-state index in [2.05, 4.69) is 20.7 Å². The van der Waals surface area contributed by atoms with Crippen LogP contribution < -0.4 is 10.6 Å². The van der Waals surface area contributed by atoms with Gasteiger partial charge in [0, 0.05) is 32.8 Å². The van der Waals surface area contributed by atoms with Crippen LogP contribution in [0, 0.1) is 18.6 Å². The van der Waals surface area contributed by atoms with Gasteiger partial charge in [0.2, 0.25) is 0 Å². The fourth-order valence-electron chi connectivity index (χ4n) is 2.69. The molecule has 0 radical (unpaired) electrons. The summed E-state index contributed by atoms with van der Waals surface area (Å²) < 4.78 is 28.4. The van der Waals surface area contributed by atoms with E-state index in [1.807, 2.05) is 18.3 Å². The second-order valence-corrected chi connectivity index (χ2v) is 6.41. The molecule has 0 unspecified atom stereocenters. The molecule has 2 aromatic carbocycles. The molecule has 0 aliphatic rings. The van der Waals surface area contributed by atoms with Gasteiger partial charge in [0.1, 0.15) is 11.6 Å². The van der Waals surface area contributed by atoms with Crippen molar-refractivity contribution in [1.29, 1.82) is 0 Å². The molecule has 0 saturated heterocycles. The molecule has 3 rings (SSSR count). The number of guanidine groups is 1. The van der Waals surface area contributed by atoms with Crippen molar-refractivity contribution in [2.75, 3.05) is 13.6 Å². The Morgan fingerprint density at radius 1 is 1.07 bits per heavy atom. The largest absolute Gasteiger partial charge is 0.356 e. The maximum Gasteiger partial charge on any atom is 0.191 e. The molecule has 0 spiro atoms. The molecule has 8 heteroatoms. The van der Waals surface area contributed by atoms with Crippen LogP contribution in [0.2, 0.25) is 0 Å². The zero-order valence-electron chi connectivity index (χ0n) is 16.3. The third-order valence-electron chi connectivity index (χ3n) is 4.33. The highest BCUT2D eigenvalue weighted by Crippen LogP contribution is 2.10. The molecule has 0 aliphatic carbocycles. The average molecular weight is 511 g/mol. The van der Waals surface area contributed by atoms with Crippen LogP contribution in [0.5, 0.6) is 0 Å². The van der Waals surface area contributed by atoms with Crippen LogP contribution in [0.4, 0.5) is 8.78 Å². The molecular weight excluding hydrogens is 487 g/mol. The Kier molecular flexibility index (Phi) is 8.56. The number of aryl methyl sites for hydroxylation is 1. The molecular formula is C21H24F2IN5. The summed E-state index contributed by atoms with van der Waals surface area (Å²) in [5.41, 5.74) is 3.20. The molecule has 0 bridgehead atoms. The molecule has 0 fully saturated rings. The van der Waals surface area contributed by atoms with Gasteiger partial charge >= 0.3 is 0 Å². The zero-order valence-corrected chi connectivity index (χ0v) is 18.7. The maximum atomic E-state index is 13.6. The minimum Gasteiger partial charge on any atom is -0.356 e. The standard InChI is InChI=1S/C21H23F2N5.HI/c1-15-3-4-16(13-20(15)23)14-26-21(24-2)25-11-9-18-10-12-28(27-18)19-7-5-17(22)6-8-19;/h3-8,10,12-13H,9,11,14H2,1-2H3,(H2,24,25,26);1H. The topological polar surface area (TPSA) is 54.2 Å². The van der Waals surface area contributed by atoms with Gasteiger partial charge in [0.15, 0.2) is 5.96 Å². The number of rotatable bonds is 6. The first-order valence-electron chi connectivity index (χ1n) is 9.05. The smallest absolute Gasteiger partial charge is 0.191 e. The Bertz CT molecular complexity index is 954. The first-order valence-corrected chi connectivity index (χ1v) is 9.05. The van der Waals surface area contributed by atoms with E-state index in [0.29, 0.717) is 31.0 Å². The first-order chi connectivity index (χ1) is 13.5. The van der Waals surface area contributed by atoms with E-state index in [1.54, 1.807) is 36.9 Å². The Balaban J connectivity index is 0.00000300. The molecule has 0 aliphatic heterocycles. The first kappa shape index (κ1) is 22.8. The van der Waals surface area contributed by atoms with Crippen molar-refractivity contribution in [3.8, 4) is 5.69 Å². The number of halogens is 3. The molecule has 1 aromatic heterocycles. The number of hydrogen-bond acceptors (Lipinski definition) is 2. The summed E-state index contributed by atoms with van der Waals surface area (Å²) in [7, 11) is 1.69. The van der Waals surface area contributed by atoms with Crippen molar-refractivity contribution in [2.24, 2.45) is 4.99 Å². The second-order valence-electron chi connectivity index (χ2n) is 6.41. The van der Waals surface area contributed by atoms with Crippen molar-refractivity contribution < 1.29 is 8.78 Å². The number of nitrogens with one attached hydrogen (secondary N) is 2. The summed E-state index contributed by atoms with van der Waals surface area (Å²) in [5.74, 6) is 0.158. The molecule has 0 amide bonds. The van der Waals surface area contributed by atoms with E-state index >= 15 is 0 Å². The maximum absolute atomic E-state index is 13.6. The molecule has 29 heavy (non-hydrogen) atoms. The van der Waals surface area contributed by atoms with Crippen LogP contribution >= 0.6 is 24.0 Å². The minimum absolute atomic E-state index is 0. The molecule has 154 valence electrons. The SMILES string of the molecule is CN=C(NCCc1ccn(-c2ccc(F)cc2)n1)NCc1ccc(C)c(F)c1.I. The van der Waals surface area contributed by atoms with Gasteiger partial charge in [-0.2, -0.15) is 5.10 Å². The Hall–Kier alpha value is -2.49. The monoisotopic (exact) mass is 511 g/mol. The number of hydrogen-bond donors (Lipinski definition) is 2. The Labute approximate surface area is 186 Å². The van der Waals surface area contributed by atoms with Gasteiger partial charge in [-0.05, 0) is 54.4 Å². The van der Waals surface area contributed by atoms with Gasteiger partial charge in [0.25, 0.3) is 0 Å². The molecule has 3 aromatic rings. The van der Waals surface area contributed by atoms with Crippen LogP contribution in [-0.2, 0) is 13.0 Å². The zero-order chi connectivity index (χ0) is 19.9. The Morgan fingerprint density at radius 3 is 2.52 bits per heavy atom. The summed E-state index contributed by atoms with van der Waals surface area (Å²) in [6, 6.07) is 13.3. The van der Waals surface area contributed by atoms with Gasteiger partial charge in [-0.3, -0.25) is 4.99 Å². The van der Waals surface area contributed by atoms with Crippen LogP contribution in [0.25, 0.3) is 5.69 Å². The lowest BCUT2D eigenvalue weighted by molar-refractivity contribution is 0.615. The van der Waals surface area contributed by atoms with Gasteiger partial charge in [0.05, 0.1) is 11.4 Å². The summed E-state index contributed by atoms with van der Waals surface area (Å²) in [6.07, 6.45) is 2.55. The lowest BCUT2D eigenvalue weighted by Gasteiger charge is -2.12. The fourth-order valence-corrected chi connectivity index (χ4v) is 2.69. The normalized spacial score (nSPS) is 11.1. The van der Waals surface area contributed by atoms with Gasteiger partial charge in [-0.1, -0.05) is 12.1 Å². The molecule has 5 nitrogen and oxygen atoms in total. The highest BCUT2D eigenvalue weighted by atomic mass is 127. The van der Waals surface area contributed by atoms with E-state index in [1.165, 1.54) is 18.2 Å². The van der Waals surface area contributed by atoms with Gasteiger partial charge in [-0.15, -0.1) is 24.0 Å². The summed E-state index contributed by atoms with van der Waals surface area (Å²) in [4.78, 5) is 4.17. The highest BCUT2D eigenvalue weighted by molar-refractivity contribution is 14.0. The molecule has 0 atom stereocenters. The third-order valence-corrected chi connectivity index (χ3v) is 4.33. The van der Waals surface area contributed by atoms with Crippen LogP contribution in [0.1, 0.15) is 16.8 Å². The van der Waals surface area contributed by atoms with E-state index in [-0.39, 0.29) is 35.6 Å². The molecule has 1 heterocycles. The van der Waals surface area contributed by atoms with Crippen LogP contribution in [0.3, 0.4) is 0 Å². The Morgan fingerprint density at radius 2 is 1.83 bits per heavy atom. The van der Waals surface area contributed by atoms with Crippen LogP contribution in [0.15, 0.2) is 59.7 Å².